The first-order valence-corrected chi connectivity index (χ1v) is 6.78. The van der Waals surface area contributed by atoms with Gasteiger partial charge in [-0.3, -0.25) is 0 Å². The lowest BCUT2D eigenvalue weighted by atomic mass is 9.72. The first kappa shape index (κ1) is 14.9. The molecule has 0 fully saturated rings. The molecule has 1 heterocycles. The summed E-state index contributed by atoms with van der Waals surface area (Å²) in [6, 6.07) is 0. The summed E-state index contributed by atoms with van der Waals surface area (Å²) < 4.78 is 1.86. The minimum atomic E-state index is 0.0613. The molecular formula is C15H27N3. The van der Waals surface area contributed by atoms with Crippen molar-refractivity contribution in [3.63, 3.8) is 0 Å². The molecule has 0 spiro atoms. The molecule has 0 N–H and O–H groups in total. The Balaban J connectivity index is 2.95. The second-order valence-corrected chi connectivity index (χ2v) is 6.56. The fourth-order valence-electron chi connectivity index (χ4n) is 2.29. The molecule has 1 aromatic heterocycles. The van der Waals surface area contributed by atoms with Crippen molar-refractivity contribution >= 4 is 5.70 Å². The van der Waals surface area contributed by atoms with Gasteiger partial charge < -0.3 is 0 Å². The van der Waals surface area contributed by atoms with E-state index in [9.17, 15) is 0 Å². The highest BCUT2D eigenvalue weighted by molar-refractivity contribution is 5.39. The summed E-state index contributed by atoms with van der Waals surface area (Å²) in [5.41, 5.74) is 2.58. The van der Waals surface area contributed by atoms with E-state index in [2.05, 4.69) is 51.1 Å². The van der Waals surface area contributed by atoms with Gasteiger partial charge in [0.25, 0.3) is 0 Å². The minimum Gasteiger partial charge on any atom is -0.225 e. The van der Waals surface area contributed by atoms with Gasteiger partial charge in [-0.2, -0.15) is 0 Å². The standard InChI is InChI=1S/C15H27N3/c1-8-12(3)18-10-13(16-17-18)15(6,7)11-14(4,5)9-2/h8,10H,9,11H2,1-7H3/b12-8+. The van der Waals surface area contributed by atoms with E-state index in [1.54, 1.807) is 0 Å². The highest BCUT2D eigenvalue weighted by Gasteiger charge is 2.31. The molecular weight excluding hydrogens is 222 g/mol. The highest BCUT2D eigenvalue weighted by Crippen LogP contribution is 2.37. The highest BCUT2D eigenvalue weighted by atomic mass is 15.4. The van der Waals surface area contributed by atoms with Crippen molar-refractivity contribution in [1.82, 2.24) is 15.0 Å². The predicted octanol–water partition coefficient (Wildman–Crippen LogP) is 4.26. The Morgan fingerprint density at radius 1 is 1.33 bits per heavy atom. The zero-order valence-electron chi connectivity index (χ0n) is 12.9. The largest absolute Gasteiger partial charge is 0.225 e. The molecule has 0 aliphatic rings. The van der Waals surface area contributed by atoms with Crippen LogP contribution >= 0.6 is 0 Å². The fraction of sp³-hybridized carbons (Fsp3) is 0.733. The summed E-state index contributed by atoms with van der Waals surface area (Å²) in [5.74, 6) is 0. The zero-order valence-corrected chi connectivity index (χ0v) is 12.9. The van der Waals surface area contributed by atoms with Crippen LogP contribution in [0.2, 0.25) is 0 Å². The molecule has 0 unspecified atom stereocenters. The summed E-state index contributed by atoms with van der Waals surface area (Å²) in [6.07, 6.45) is 6.39. The second kappa shape index (κ2) is 5.25. The molecule has 0 radical (unpaired) electrons. The zero-order chi connectivity index (χ0) is 14.0. The number of allylic oxidation sites excluding steroid dienone is 2. The fourth-order valence-corrected chi connectivity index (χ4v) is 2.29. The summed E-state index contributed by atoms with van der Waals surface area (Å²) in [5, 5.41) is 8.55. The lowest BCUT2D eigenvalue weighted by Gasteiger charge is -2.32. The quantitative estimate of drug-likeness (QED) is 0.780. The van der Waals surface area contributed by atoms with Crippen molar-refractivity contribution < 1.29 is 0 Å². The average Bonchev–Trinajstić information content (AvgIpc) is 2.76. The number of hydrogen-bond donors (Lipinski definition) is 0. The monoisotopic (exact) mass is 249 g/mol. The summed E-state index contributed by atoms with van der Waals surface area (Å²) >= 11 is 0. The molecule has 0 atom stereocenters. The molecule has 0 saturated heterocycles. The third-order valence-electron chi connectivity index (χ3n) is 3.84. The summed E-state index contributed by atoms with van der Waals surface area (Å²) in [6.45, 7) is 15.4. The maximum Gasteiger partial charge on any atom is 0.0887 e. The Hall–Kier alpha value is -1.12. The van der Waals surface area contributed by atoms with Gasteiger partial charge in [-0.15, -0.1) is 5.10 Å². The molecule has 0 bridgehead atoms. The van der Waals surface area contributed by atoms with Gasteiger partial charge in [0.2, 0.25) is 0 Å². The third kappa shape index (κ3) is 3.44. The van der Waals surface area contributed by atoms with Crippen LogP contribution in [-0.2, 0) is 5.41 Å². The SMILES string of the molecule is C/C=C(\C)n1cc(C(C)(C)CC(C)(C)CC)nn1. The molecule has 0 aliphatic heterocycles. The first-order chi connectivity index (χ1) is 8.22. The Morgan fingerprint density at radius 3 is 2.44 bits per heavy atom. The van der Waals surface area contributed by atoms with E-state index in [4.69, 9.17) is 0 Å². The van der Waals surface area contributed by atoms with Crippen LogP contribution in [0.15, 0.2) is 12.3 Å². The number of nitrogens with zero attached hydrogens (tertiary/aromatic N) is 3. The lowest BCUT2D eigenvalue weighted by molar-refractivity contribution is 0.245. The lowest BCUT2D eigenvalue weighted by Crippen LogP contribution is -2.26. The van der Waals surface area contributed by atoms with E-state index < -0.39 is 0 Å². The Kier molecular flexibility index (Phi) is 4.36. The molecule has 3 nitrogen and oxygen atoms in total. The van der Waals surface area contributed by atoms with Gasteiger partial charge in [0, 0.05) is 11.1 Å². The number of hydrogen-bond acceptors (Lipinski definition) is 2. The van der Waals surface area contributed by atoms with Crippen LogP contribution in [0.25, 0.3) is 5.70 Å². The first-order valence-electron chi connectivity index (χ1n) is 6.78. The van der Waals surface area contributed by atoms with E-state index in [1.165, 1.54) is 6.42 Å². The topological polar surface area (TPSA) is 30.7 Å². The molecule has 18 heavy (non-hydrogen) atoms. The third-order valence-corrected chi connectivity index (χ3v) is 3.84. The summed E-state index contributed by atoms with van der Waals surface area (Å²) in [4.78, 5) is 0. The van der Waals surface area contributed by atoms with Crippen LogP contribution in [-0.4, -0.2) is 15.0 Å². The minimum absolute atomic E-state index is 0.0613. The van der Waals surface area contributed by atoms with Crippen LogP contribution in [0, 0.1) is 5.41 Å². The Labute approximate surface area is 111 Å². The van der Waals surface area contributed by atoms with Crippen molar-refractivity contribution in [2.75, 3.05) is 0 Å². The van der Waals surface area contributed by atoms with E-state index in [0.717, 1.165) is 17.8 Å². The van der Waals surface area contributed by atoms with Gasteiger partial charge >= 0.3 is 0 Å². The van der Waals surface area contributed by atoms with Crippen molar-refractivity contribution in [3.8, 4) is 0 Å². The van der Waals surface area contributed by atoms with Crippen LogP contribution < -0.4 is 0 Å². The van der Waals surface area contributed by atoms with Crippen LogP contribution in [0.3, 0.4) is 0 Å². The van der Waals surface area contributed by atoms with Gasteiger partial charge in [0.15, 0.2) is 0 Å². The van der Waals surface area contributed by atoms with Gasteiger partial charge in [-0.05, 0) is 25.7 Å². The van der Waals surface area contributed by atoms with Gasteiger partial charge in [0.1, 0.15) is 0 Å². The van der Waals surface area contributed by atoms with Crippen LogP contribution in [0.5, 0.6) is 0 Å². The molecule has 0 saturated carbocycles. The Morgan fingerprint density at radius 2 is 1.94 bits per heavy atom. The smallest absolute Gasteiger partial charge is 0.0887 e. The Bertz CT molecular complexity index is 425. The number of aromatic nitrogens is 3. The van der Waals surface area contributed by atoms with Crippen molar-refractivity contribution in [2.24, 2.45) is 5.41 Å². The van der Waals surface area contributed by atoms with E-state index >= 15 is 0 Å². The average molecular weight is 249 g/mol. The second-order valence-electron chi connectivity index (χ2n) is 6.56. The molecule has 1 rings (SSSR count). The normalized spacial score (nSPS) is 14.1. The molecule has 3 heteroatoms. The van der Waals surface area contributed by atoms with Crippen molar-refractivity contribution in [3.05, 3.63) is 18.0 Å². The molecule has 1 aromatic rings. The maximum atomic E-state index is 4.35. The molecule has 0 aromatic carbocycles. The van der Waals surface area contributed by atoms with Crippen molar-refractivity contribution in [1.29, 1.82) is 0 Å². The molecule has 102 valence electrons. The van der Waals surface area contributed by atoms with E-state index in [0.29, 0.717) is 5.41 Å². The van der Waals surface area contributed by atoms with Gasteiger partial charge in [0.05, 0.1) is 11.9 Å². The molecule has 0 aliphatic carbocycles. The van der Waals surface area contributed by atoms with E-state index in [1.807, 2.05) is 24.6 Å². The van der Waals surface area contributed by atoms with Gasteiger partial charge in [-0.1, -0.05) is 52.3 Å². The van der Waals surface area contributed by atoms with Crippen LogP contribution in [0.4, 0.5) is 0 Å². The predicted molar refractivity (Wildman–Crippen MR) is 77.4 cm³/mol. The maximum absolute atomic E-state index is 4.35. The summed E-state index contributed by atoms with van der Waals surface area (Å²) in [7, 11) is 0. The molecule has 0 amide bonds. The van der Waals surface area contributed by atoms with E-state index in [-0.39, 0.29) is 5.41 Å². The van der Waals surface area contributed by atoms with Crippen molar-refractivity contribution in [2.45, 2.75) is 66.7 Å². The van der Waals surface area contributed by atoms with Gasteiger partial charge in [-0.25, -0.2) is 4.68 Å². The number of rotatable bonds is 5. The van der Waals surface area contributed by atoms with Crippen LogP contribution in [0.1, 0.15) is 67.0 Å².